The Morgan fingerprint density at radius 3 is 2.66 bits per heavy atom. The fourth-order valence-electron chi connectivity index (χ4n) is 8.98. The molecule has 0 spiro atoms. The Hall–Kier alpha value is -4.02. The number of rotatable bonds is 5. The molecule has 0 aliphatic heterocycles. The third-order valence-corrected chi connectivity index (χ3v) is 11.0. The van der Waals surface area contributed by atoms with Gasteiger partial charge in [0.1, 0.15) is 5.83 Å². The predicted molar refractivity (Wildman–Crippen MR) is 158 cm³/mol. The van der Waals surface area contributed by atoms with Crippen LogP contribution in [-0.2, 0) is 20.8 Å². The van der Waals surface area contributed by atoms with E-state index < -0.39 is 40.3 Å². The number of nitrogens with zero attached hydrogens (tertiary/aromatic N) is 3. The molecule has 1 amide bonds. The van der Waals surface area contributed by atoms with Crippen LogP contribution in [0, 0.1) is 28.6 Å². The molecule has 9 nitrogen and oxygen atoms in total. The van der Waals surface area contributed by atoms with E-state index in [0.717, 1.165) is 22.0 Å². The van der Waals surface area contributed by atoms with Gasteiger partial charge in [0.05, 0.1) is 37.1 Å². The number of aliphatic hydroxyl groups excluding tert-OH is 1. The van der Waals surface area contributed by atoms with Crippen LogP contribution in [0.3, 0.4) is 0 Å². The van der Waals surface area contributed by atoms with Crippen molar-refractivity contribution in [3.8, 4) is 5.69 Å². The van der Waals surface area contributed by atoms with Gasteiger partial charge in [-0.15, -0.1) is 0 Å². The minimum Gasteiger partial charge on any atom is -0.457 e. The van der Waals surface area contributed by atoms with Crippen LogP contribution < -0.4 is 0 Å². The summed E-state index contributed by atoms with van der Waals surface area (Å²) in [6.45, 7) is 3.91. The number of likely N-dealkylation sites (N-methyl/N-ethyl adjacent to an activating group) is 1. The molecule has 2 saturated carbocycles. The fraction of sp³-hybridized carbons (Fsp3) is 0.441. The molecule has 2 heterocycles. The van der Waals surface area contributed by atoms with Crippen LogP contribution in [0.25, 0.3) is 11.8 Å². The minimum atomic E-state index is -1.66. The molecule has 0 radical (unpaired) electrons. The number of allylic oxidation sites excluding steroid dienone is 3. The van der Waals surface area contributed by atoms with Crippen LogP contribution in [0.2, 0.25) is 0 Å². The summed E-state index contributed by atoms with van der Waals surface area (Å²) >= 11 is 0. The second-order valence-electron chi connectivity index (χ2n) is 13.1. The third kappa shape index (κ3) is 3.86. The zero-order valence-corrected chi connectivity index (χ0v) is 25.2. The minimum absolute atomic E-state index is 0.0292. The van der Waals surface area contributed by atoms with Gasteiger partial charge in [-0.05, 0) is 85.1 Å². The quantitative estimate of drug-likeness (QED) is 0.312. The summed E-state index contributed by atoms with van der Waals surface area (Å²) in [4.78, 5) is 32.6. The van der Waals surface area contributed by atoms with E-state index in [1.54, 1.807) is 12.1 Å². The van der Waals surface area contributed by atoms with Crippen molar-refractivity contribution in [2.24, 2.45) is 28.6 Å². The number of aliphatic hydroxyl groups is 1. The number of aromatic nitrogens is 2. The summed E-state index contributed by atoms with van der Waals surface area (Å²) in [5, 5.41) is 17.8. The molecule has 3 aromatic rings. The second kappa shape index (κ2) is 10.0. The molecular weight excluding hydrogens is 565 g/mol. The number of halogens is 1. The molecule has 1 N–H and O–H groups in total. The Morgan fingerprint density at radius 1 is 1.18 bits per heavy atom. The number of para-hydroxylation sites is 1. The first kappa shape index (κ1) is 28.7. The number of fused-ring (bicyclic) bond motifs is 6. The van der Waals surface area contributed by atoms with Crippen molar-refractivity contribution in [2.45, 2.75) is 51.2 Å². The van der Waals surface area contributed by atoms with E-state index in [4.69, 9.17) is 14.0 Å². The molecule has 2 aromatic heterocycles. The largest absolute Gasteiger partial charge is 0.457 e. The summed E-state index contributed by atoms with van der Waals surface area (Å²) in [5.74, 6) is -2.65. The highest BCUT2D eigenvalue weighted by Crippen LogP contribution is 2.68. The molecule has 0 saturated heterocycles. The number of esters is 1. The van der Waals surface area contributed by atoms with E-state index in [-0.39, 0.29) is 36.3 Å². The first-order chi connectivity index (χ1) is 21.0. The lowest BCUT2D eigenvalue weighted by Crippen LogP contribution is -2.64. The van der Waals surface area contributed by atoms with E-state index in [1.165, 1.54) is 26.5 Å². The van der Waals surface area contributed by atoms with Gasteiger partial charge in [-0.2, -0.15) is 5.10 Å². The number of hydrogen-bond donors (Lipinski definition) is 1. The number of furan rings is 1. The van der Waals surface area contributed by atoms with Gasteiger partial charge in [-0.3, -0.25) is 9.63 Å². The maximum Gasteiger partial charge on any atom is 0.375 e. The van der Waals surface area contributed by atoms with Gasteiger partial charge < -0.3 is 14.3 Å². The van der Waals surface area contributed by atoms with Gasteiger partial charge in [0.25, 0.3) is 5.91 Å². The molecule has 7 rings (SSSR count). The van der Waals surface area contributed by atoms with Crippen molar-refractivity contribution >= 4 is 18.0 Å². The van der Waals surface area contributed by atoms with Crippen molar-refractivity contribution < 1.29 is 33.1 Å². The first-order valence-electron chi connectivity index (χ1n) is 15.0. The van der Waals surface area contributed by atoms with E-state index in [9.17, 15) is 14.7 Å². The number of carbonyl (C=O) groups excluding carboxylic acids is 2. The molecule has 7 atom stereocenters. The van der Waals surface area contributed by atoms with Crippen LogP contribution in [0.1, 0.15) is 54.9 Å². The SMILES string of the molecule is CON(C)C(=O)[C@@]1(OC(=O)c2ccco2)CCC2C3C=C(F)C4=Cc5c(cnn5-c5ccccc5)CC4(C)C3C(O)CC21C. The summed E-state index contributed by atoms with van der Waals surface area (Å²) in [7, 11) is 2.84. The van der Waals surface area contributed by atoms with Crippen molar-refractivity contribution in [2.75, 3.05) is 14.2 Å². The molecule has 4 aliphatic carbocycles. The van der Waals surface area contributed by atoms with Crippen LogP contribution >= 0.6 is 0 Å². The number of ether oxygens (including phenoxy) is 1. The predicted octanol–water partition coefficient (Wildman–Crippen LogP) is 5.31. The molecule has 2 fully saturated rings. The maximum absolute atomic E-state index is 16.4. The number of hydrogen-bond acceptors (Lipinski definition) is 7. The lowest BCUT2D eigenvalue weighted by atomic mass is 9.47. The molecule has 10 heteroatoms. The lowest BCUT2D eigenvalue weighted by molar-refractivity contribution is -0.211. The second-order valence-corrected chi connectivity index (χ2v) is 13.1. The molecule has 230 valence electrons. The molecular formula is C34H36FN3O6. The number of benzene rings is 1. The Labute approximate surface area is 254 Å². The highest BCUT2D eigenvalue weighted by atomic mass is 19.1. The van der Waals surface area contributed by atoms with Gasteiger partial charge >= 0.3 is 5.97 Å². The van der Waals surface area contributed by atoms with Crippen molar-refractivity contribution in [1.29, 1.82) is 0 Å². The average Bonchev–Trinajstić information content (AvgIpc) is 3.74. The number of amides is 1. The van der Waals surface area contributed by atoms with E-state index >= 15 is 4.39 Å². The van der Waals surface area contributed by atoms with Gasteiger partial charge in [0, 0.05) is 23.8 Å². The Balaban J connectivity index is 1.30. The van der Waals surface area contributed by atoms with E-state index in [2.05, 4.69) is 5.10 Å². The van der Waals surface area contributed by atoms with Crippen molar-refractivity contribution in [3.63, 3.8) is 0 Å². The summed E-state index contributed by atoms with van der Waals surface area (Å²) in [5.41, 5.74) is -0.140. The summed E-state index contributed by atoms with van der Waals surface area (Å²) < 4.78 is 29.6. The number of carbonyl (C=O) groups is 2. The Kier molecular flexibility index (Phi) is 6.53. The first-order valence-corrected chi connectivity index (χ1v) is 15.0. The average molecular weight is 602 g/mol. The summed E-state index contributed by atoms with van der Waals surface area (Å²) in [6.07, 6.45) is 7.18. The highest BCUT2D eigenvalue weighted by molar-refractivity contribution is 5.93. The summed E-state index contributed by atoms with van der Waals surface area (Å²) in [6, 6.07) is 12.8. The fourth-order valence-corrected chi connectivity index (χ4v) is 8.98. The highest BCUT2D eigenvalue weighted by Gasteiger charge is 2.71. The molecule has 0 bridgehead atoms. The molecule has 44 heavy (non-hydrogen) atoms. The van der Waals surface area contributed by atoms with Gasteiger partial charge in [0.2, 0.25) is 5.76 Å². The smallest absolute Gasteiger partial charge is 0.375 e. The van der Waals surface area contributed by atoms with Crippen LogP contribution in [0.4, 0.5) is 4.39 Å². The molecule has 1 aromatic carbocycles. The maximum atomic E-state index is 16.4. The van der Waals surface area contributed by atoms with Gasteiger partial charge in [0.15, 0.2) is 5.60 Å². The Bertz CT molecular complexity index is 1680. The van der Waals surface area contributed by atoms with E-state index in [1.807, 2.05) is 61.1 Å². The lowest BCUT2D eigenvalue weighted by Gasteiger charge is -2.59. The third-order valence-electron chi connectivity index (χ3n) is 11.0. The van der Waals surface area contributed by atoms with E-state index in [0.29, 0.717) is 18.4 Å². The van der Waals surface area contributed by atoms with Crippen molar-refractivity contribution in [1.82, 2.24) is 14.8 Å². The topological polar surface area (TPSA) is 107 Å². The zero-order chi connectivity index (χ0) is 31.0. The molecule has 6 unspecified atom stereocenters. The monoisotopic (exact) mass is 601 g/mol. The van der Waals surface area contributed by atoms with Crippen molar-refractivity contribution in [3.05, 3.63) is 89.4 Å². The normalized spacial score (nSPS) is 33.7. The standard InChI is InChI=1S/C34H36FN3O6/c1-32-17-20-19-36-38(21-9-6-5-7-10-21)26(20)16-24(32)25(35)15-22-23-12-13-34(31(41)37(3)42-4,33(23,2)18-27(39)29(22)32)44-30(40)28-11-8-14-43-28/h5-11,14-16,19,22-23,27,29,39H,12-13,17-18H2,1-4H3/t22?,23?,27?,29?,32?,33?,34-/m0/s1. The van der Waals surface area contributed by atoms with Gasteiger partial charge in [-0.1, -0.05) is 32.0 Å². The Morgan fingerprint density at radius 2 is 1.95 bits per heavy atom. The zero-order valence-electron chi connectivity index (χ0n) is 25.2. The number of hydroxylamine groups is 2. The van der Waals surface area contributed by atoms with Crippen LogP contribution in [0.15, 0.2) is 76.8 Å². The molecule has 4 aliphatic rings. The van der Waals surface area contributed by atoms with Crippen LogP contribution in [0.5, 0.6) is 0 Å². The van der Waals surface area contributed by atoms with Gasteiger partial charge in [-0.25, -0.2) is 18.9 Å². The van der Waals surface area contributed by atoms with Crippen LogP contribution in [-0.4, -0.2) is 57.7 Å².